The van der Waals surface area contributed by atoms with Crippen LogP contribution in [0.2, 0.25) is 0 Å². The minimum Gasteiger partial charge on any atom is -0.460 e. The molecule has 1 aliphatic carbocycles. The molecular weight excluding hydrogens is 402 g/mol. The molecule has 1 N–H and O–H groups in total. The van der Waals surface area contributed by atoms with Crippen LogP contribution >= 0.6 is 0 Å². The molecule has 2 aliphatic rings. The number of aromatic nitrogens is 1. The van der Waals surface area contributed by atoms with Crippen molar-refractivity contribution in [1.82, 2.24) is 4.98 Å². The van der Waals surface area contributed by atoms with E-state index in [2.05, 4.69) is 11.1 Å². The van der Waals surface area contributed by atoms with Gasteiger partial charge in [0, 0.05) is 29.2 Å². The topological polar surface area (TPSA) is 83.2 Å². The van der Waals surface area contributed by atoms with E-state index < -0.39 is 47.8 Å². The first-order valence-corrected chi connectivity index (χ1v) is 10.1. The minimum atomic E-state index is -3.21. The van der Waals surface area contributed by atoms with Crippen molar-refractivity contribution in [2.24, 2.45) is 17.8 Å². The van der Waals surface area contributed by atoms with Crippen molar-refractivity contribution in [3.8, 4) is 17.2 Å². The fraction of sp³-hybridized carbons (Fsp3) is 0.375. The monoisotopic (exact) mass is 424 g/mol. The van der Waals surface area contributed by atoms with Gasteiger partial charge in [-0.05, 0) is 31.1 Å². The fourth-order valence-corrected chi connectivity index (χ4v) is 4.79. The summed E-state index contributed by atoms with van der Waals surface area (Å²) in [7, 11) is 0. The molecule has 7 heteroatoms. The zero-order valence-electron chi connectivity index (χ0n) is 17.1. The average Bonchev–Trinajstić information content (AvgIpc) is 2.96. The number of carbonyl (C=O) groups excluding carboxylic acids is 1. The standard InChI is InChI=1S/C24H22F2N2O3/c1-14-19(21-15(2)31-22(29)23(21,30)13-24(14,25)26)10-9-18-8-7-17(12-28-18)20-6-4-3-5-16(20)11-27/h3-10,12,14-15,19,21,30H,13H2,1-2H3/b10-9+/t14-,15+,19-,21-,23-/m0/s1. The Labute approximate surface area is 179 Å². The van der Waals surface area contributed by atoms with Crippen molar-refractivity contribution in [1.29, 1.82) is 5.26 Å². The smallest absolute Gasteiger partial charge is 0.339 e. The number of cyclic esters (lactones) is 1. The molecule has 5 atom stereocenters. The van der Waals surface area contributed by atoms with Gasteiger partial charge in [-0.25, -0.2) is 13.6 Å². The second-order valence-electron chi connectivity index (χ2n) is 8.35. The number of hydrogen-bond acceptors (Lipinski definition) is 5. The summed E-state index contributed by atoms with van der Waals surface area (Å²) in [6.45, 7) is 3.05. The van der Waals surface area contributed by atoms with E-state index in [-0.39, 0.29) is 0 Å². The molecule has 0 spiro atoms. The Hall–Kier alpha value is -3.11. The van der Waals surface area contributed by atoms with Crippen LogP contribution in [0.25, 0.3) is 17.2 Å². The third kappa shape index (κ3) is 3.51. The van der Waals surface area contributed by atoms with E-state index in [1.807, 2.05) is 18.2 Å². The molecule has 0 amide bonds. The maximum Gasteiger partial charge on any atom is 0.339 e. The molecule has 2 fully saturated rings. The number of nitrogens with zero attached hydrogens (tertiary/aromatic N) is 2. The highest BCUT2D eigenvalue weighted by atomic mass is 19.3. The predicted molar refractivity (Wildman–Crippen MR) is 110 cm³/mol. The average molecular weight is 424 g/mol. The second-order valence-corrected chi connectivity index (χ2v) is 8.35. The van der Waals surface area contributed by atoms with Crippen molar-refractivity contribution in [3.05, 3.63) is 59.9 Å². The molecule has 1 saturated heterocycles. The Morgan fingerprint density at radius 3 is 2.68 bits per heavy atom. The van der Waals surface area contributed by atoms with Crippen LogP contribution in [0.15, 0.2) is 48.7 Å². The van der Waals surface area contributed by atoms with Crippen LogP contribution in [0, 0.1) is 29.1 Å². The largest absolute Gasteiger partial charge is 0.460 e. The van der Waals surface area contributed by atoms with E-state index in [0.29, 0.717) is 11.3 Å². The van der Waals surface area contributed by atoms with Crippen LogP contribution in [0.4, 0.5) is 8.78 Å². The van der Waals surface area contributed by atoms with Gasteiger partial charge in [-0.15, -0.1) is 0 Å². The third-order valence-corrected chi connectivity index (χ3v) is 6.50. The lowest BCUT2D eigenvalue weighted by Gasteiger charge is -2.45. The summed E-state index contributed by atoms with van der Waals surface area (Å²) in [5.74, 6) is -6.79. The highest BCUT2D eigenvalue weighted by Gasteiger charge is 2.67. The van der Waals surface area contributed by atoms with Gasteiger partial charge >= 0.3 is 5.97 Å². The fourth-order valence-electron chi connectivity index (χ4n) is 4.79. The normalized spacial score (nSPS) is 31.8. The number of carbonyl (C=O) groups is 1. The number of ether oxygens (including phenoxy) is 1. The Bertz CT molecular complexity index is 1080. The van der Waals surface area contributed by atoms with Crippen molar-refractivity contribution >= 4 is 12.0 Å². The molecule has 0 radical (unpaired) electrons. The van der Waals surface area contributed by atoms with E-state index in [1.165, 1.54) is 6.92 Å². The highest BCUT2D eigenvalue weighted by molar-refractivity contribution is 5.83. The van der Waals surface area contributed by atoms with Crippen molar-refractivity contribution in [3.63, 3.8) is 0 Å². The molecule has 1 aromatic carbocycles. The first kappa shape index (κ1) is 21.1. The zero-order chi connectivity index (χ0) is 22.4. The Balaban J connectivity index is 1.62. The van der Waals surface area contributed by atoms with E-state index in [1.54, 1.807) is 43.5 Å². The van der Waals surface area contributed by atoms with Crippen molar-refractivity contribution < 1.29 is 23.4 Å². The Morgan fingerprint density at radius 2 is 2.00 bits per heavy atom. The number of aliphatic hydroxyl groups is 1. The van der Waals surface area contributed by atoms with Crippen LogP contribution in [0.3, 0.4) is 0 Å². The molecule has 1 aliphatic heterocycles. The molecule has 2 aromatic rings. The number of halogens is 2. The zero-order valence-corrected chi connectivity index (χ0v) is 17.1. The number of benzene rings is 1. The number of pyridine rings is 1. The van der Waals surface area contributed by atoms with Crippen molar-refractivity contribution in [2.45, 2.75) is 37.9 Å². The lowest BCUT2D eigenvalue weighted by Crippen LogP contribution is -2.57. The summed E-state index contributed by atoms with van der Waals surface area (Å²) in [5.41, 5.74) is 0.410. The van der Waals surface area contributed by atoms with E-state index in [0.717, 1.165) is 11.1 Å². The highest BCUT2D eigenvalue weighted by Crippen LogP contribution is 2.54. The van der Waals surface area contributed by atoms with Crippen LogP contribution < -0.4 is 0 Å². The first-order valence-electron chi connectivity index (χ1n) is 10.1. The quantitative estimate of drug-likeness (QED) is 0.746. The molecule has 2 heterocycles. The maximum atomic E-state index is 14.6. The number of fused-ring (bicyclic) bond motifs is 1. The number of rotatable bonds is 3. The van der Waals surface area contributed by atoms with E-state index in [9.17, 15) is 23.9 Å². The van der Waals surface area contributed by atoms with Gasteiger partial charge in [0.1, 0.15) is 6.10 Å². The Kier molecular flexibility index (Phi) is 5.14. The van der Waals surface area contributed by atoms with Crippen molar-refractivity contribution in [2.75, 3.05) is 0 Å². The lowest BCUT2D eigenvalue weighted by molar-refractivity contribution is -0.193. The predicted octanol–water partition coefficient (Wildman–Crippen LogP) is 4.22. The third-order valence-electron chi connectivity index (χ3n) is 6.50. The number of hydrogen-bond donors (Lipinski definition) is 1. The molecule has 1 aromatic heterocycles. The SMILES string of the molecule is C[C@H]1OC(=O)[C@]2(O)CC(F)(F)[C@@H](C)[C@H](/C=C/c3ccc(-c4ccccc4C#N)cn3)[C@H]12. The van der Waals surface area contributed by atoms with Gasteiger partial charge < -0.3 is 9.84 Å². The summed E-state index contributed by atoms with van der Waals surface area (Å²) in [6.07, 6.45) is 3.25. The number of allylic oxidation sites excluding steroid dienone is 1. The van der Waals surface area contributed by atoms with Crippen LogP contribution in [0.1, 0.15) is 31.5 Å². The molecule has 5 nitrogen and oxygen atoms in total. The van der Waals surface area contributed by atoms with E-state index >= 15 is 0 Å². The van der Waals surface area contributed by atoms with Gasteiger partial charge in [-0.2, -0.15) is 5.26 Å². The molecule has 0 bridgehead atoms. The van der Waals surface area contributed by atoms with E-state index in [4.69, 9.17) is 4.74 Å². The summed E-state index contributed by atoms with van der Waals surface area (Å²) >= 11 is 0. The van der Waals surface area contributed by atoms with Crippen LogP contribution in [-0.4, -0.2) is 33.7 Å². The maximum absolute atomic E-state index is 14.6. The molecule has 0 unspecified atom stereocenters. The van der Waals surface area contributed by atoms with Gasteiger partial charge in [0.05, 0.1) is 23.7 Å². The van der Waals surface area contributed by atoms with Gasteiger partial charge in [0.15, 0.2) is 5.60 Å². The van der Waals surface area contributed by atoms with Crippen LogP contribution in [-0.2, 0) is 9.53 Å². The number of nitriles is 1. The molecule has 160 valence electrons. The molecule has 1 saturated carbocycles. The molecule has 4 rings (SSSR count). The van der Waals surface area contributed by atoms with Gasteiger partial charge in [0.2, 0.25) is 0 Å². The summed E-state index contributed by atoms with van der Waals surface area (Å²) in [6, 6.07) is 12.9. The summed E-state index contributed by atoms with van der Waals surface area (Å²) in [4.78, 5) is 16.5. The van der Waals surface area contributed by atoms with Gasteiger partial charge in [0.25, 0.3) is 5.92 Å². The van der Waals surface area contributed by atoms with Crippen LogP contribution in [0.5, 0.6) is 0 Å². The second kappa shape index (κ2) is 7.54. The lowest BCUT2D eigenvalue weighted by atomic mass is 9.62. The number of esters is 1. The summed E-state index contributed by atoms with van der Waals surface area (Å²) < 4.78 is 34.4. The molecule has 31 heavy (non-hydrogen) atoms. The van der Waals surface area contributed by atoms with Gasteiger partial charge in [-0.1, -0.05) is 37.3 Å². The Morgan fingerprint density at radius 1 is 1.26 bits per heavy atom. The first-order chi connectivity index (χ1) is 14.7. The number of alkyl halides is 2. The minimum absolute atomic E-state index is 0.532. The van der Waals surface area contributed by atoms with Gasteiger partial charge in [-0.3, -0.25) is 4.98 Å². The molecular formula is C24H22F2N2O3. The summed E-state index contributed by atoms with van der Waals surface area (Å²) in [5, 5.41) is 20.0.